The third-order valence-electron chi connectivity index (χ3n) is 3.91. The van der Waals surface area contributed by atoms with Crippen LogP contribution in [0.5, 0.6) is 0 Å². The van der Waals surface area contributed by atoms with Gasteiger partial charge < -0.3 is 10.1 Å². The first-order valence-corrected chi connectivity index (χ1v) is 8.09. The minimum atomic E-state index is 0.573. The third-order valence-corrected chi connectivity index (χ3v) is 5.02. The Morgan fingerprint density at radius 2 is 2.20 bits per heavy atom. The van der Waals surface area contributed by atoms with E-state index in [9.17, 15) is 0 Å². The van der Waals surface area contributed by atoms with Crippen LogP contribution in [0.3, 0.4) is 0 Å². The van der Waals surface area contributed by atoms with Crippen LogP contribution in [0.2, 0.25) is 0 Å². The van der Waals surface area contributed by atoms with Crippen molar-refractivity contribution in [2.24, 2.45) is 5.92 Å². The largest absolute Gasteiger partial charge is 0.381 e. The van der Waals surface area contributed by atoms with Crippen molar-refractivity contribution >= 4 is 27.4 Å². The van der Waals surface area contributed by atoms with E-state index >= 15 is 0 Å². The number of anilines is 1. The van der Waals surface area contributed by atoms with Crippen molar-refractivity contribution in [3.63, 3.8) is 0 Å². The van der Waals surface area contributed by atoms with E-state index in [1.165, 1.54) is 15.8 Å². The lowest BCUT2D eigenvalue weighted by molar-refractivity contribution is 0.185. The molecule has 1 atom stereocenters. The number of nitrogens with zero attached hydrogens (tertiary/aromatic N) is 2. The highest BCUT2D eigenvalue weighted by Gasteiger charge is 2.20. The van der Waals surface area contributed by atoms with E-state index < -0.39 is 0 Å². The lowest BCUT2D eigenvalue weighted by atomic mass is 10.0. The SMILES string of the molecule is CCNc1nc(CC2CCOC2)nc2sc(C)c(C)c12. The summed E-state index contributed by atoms with van der Waals surface area (Å²) in [6, 6.07) is 0. The Morgan fingerprint density at radius 1 is 1.35 bits per heavy atom. The summed E-state index contributed by atoms with van der Waals surface area (Å²) in [6.45, 7) is 9.02. The van der Waals surface area contributed by atoms with Crippen molar-refractivity contribution in [1.29, 1.82) is 0 Å². The number of hydrogen-bond donors (Lipinski definition) is 1. The number of fused-ring (bicyclic) bond motifs is 1. The van der Waals surface area contributed by atoms with Crippen LogP contribution in [0.4, 0.5) is 5.82 Å². The van der Waals surface area contributed by atoms with Gasteiger partial charge in [-0.25, -0.2) is 9.97 Å². The fourth-order valence-electron chi connectivity index (χ4n) is 2.68. The summed E-state index contributed by atoms with van der Waals surface area (Å²) in [7, 11) is 0. The molecular formula is C15H21N3OS. The van der Waals surface area contributed by atoms with Crippen LogP contribution < -0.4 is 5.32 Å². The van der Waals surface area contributed by atoms with E-state index in [2.05, 4.69) is 26.1 Å². The highest BCUT2D eigenvalue weighted by Crippen LogP contribution is 2.33. The molecule has 5 heteroatoms. The Labute approximate surface area is 123 Å². The summed E-state index contributed by atoms with van der Waals surface area (Å²) in [5, 5.41) is 4.59. The van der Waals surface area contributed by atoms with Crippen molar-refractivity contribution in [3.8, 4) is 0 Å². The Hall–Kier alpha value is -1.20. The number of aromatic nitrogens is 2. The van der Waals surface area contributed by atoms with Gasteiger partial charge in [-0.05, 0) is 38.7 Å². The molecule has 1 unspecified atom stereocenters. The number of rotatable bonds is 4. The summed E-state index contributed by atoms with van der Waals surface area (Å²) >= 11 is 1.77. The van der Waals surface area contributed by atoms with Gasteiger partial charge in [0.15, 0.2) is 0 Å². The van der Waals surface area contributed by atoms with Gasteiger partial charge in [0.05, 0.1) is 5.39 Å². The first-order chi connectivity index (χ1) is 9.69. The van der Waals surface area contributed by atoms with Crippen molar-refractivity contribution < 1.29 is 4.74 Å². The van der Waals surface area contributed by atoms with Gasteiger partial charge >= 0.3 is 0 Å². The van der Waals surface area contributed by atoms with Gasteiger partial charge in [-0.3, -0.25) is 0 Å². The first-order valence-electron chi connectivity index (χ1n) is 7.27. The molecule has 0 radical (unpaired) electrons. The molecule has 108 valence electrons. The van der Waals surface area contributed by atoms with Crippen LogP contribution in [0.15, 0.2) is 0 Å². The maximum absolute atomic E-state index is 5.45. The molecule has 0 amide bonds. The maximum Gasteiger partial charge on any atom is 0.138 e. The molecule has 1 N–H and O–H groups in total. The summed E-state index contributed by atoms with van der Waals surface area (Å²) in [4.78, 5) is 12.0. The van der Waals surface area contributed by atoms with E-state index in [0.717, 1.165) is 49.1 Å². The van der Waals surface area contributed by atoms with Crippen LogP contribution in [0.1, 0.15) is 29.6 Å². The average molecular weight is 291 g/mol. The molecule has 1 saturated heterocycles. The normalized spacial score (nSPS) is 18.9. The minimum absolute atomic E-state index is 0.573. The average Bonchev–Trinajstić information content (AvgIpc) is 3.00. The fourth-order valence-corrected chi connectivity index (χ4v) is 3.73. The number of hydrogen-bond acceptors (Lipinski definition) is 5. The van der Waals surface area contributed by atoms with E-state index in [4.69, 9.17) is 14.7 Å². The highest BCUT2D eigenvalue weighted by atomic mass is 32.1. The summed E-state index contributed by atoms with van der Waals surface area (Å²) in [5.41, 5.74) is 1.30. The Bertz CT molecular complexity index is 617. The second-order valence-electron chi connectivity index (χ2n) is 5.42. The second kappa shape index (κ2) is 5.66. The molecule has 0 bridgehead atoms. The lowest BCUT2D eigenvalue weighted by Gasteiger charge is -2.10. The van der Waals surface area contributed by atoms with Crippen molar-refractivity contribution in [2.75, 3.05) is 25.1 Å². The van der Waals surface area contributed by atoms with Crippen LogP contribution in [-0.4, -0.2) is 29.7 Å². The summed E-state index contributed by atoms with van der Waals surface area (Å²) in [6.07, 6.45) is 2.05. The molecule has 4 nitrogen and oxygen atoms in total. The zero-order chi connectivity index (χ0) is 14.1. The van der Waals surface area contributed by atoms with E-state index in [-0.39, 0.29) is 0 Å². The lowest BCUT2D eigenvalue weighted by Crippen LogP contribution is -2.09. The molecule has 3 rings (SSSR count). The topological polar surface area (TPSA) is 47.0 Å². The number of thiophene rings is 1. The molecule has 1 aliphatic rings. The van der Waals surface area contributed by atoms with Crippen LogP contribution in [0, 0.1) is 19.8 Å². The quantitative estimate of drug-likeness (QED) is 0.938. The standard InChI is InChI=1S/C15H21N3OS/c1-4-16-14-13-9(2)10(3)20-15(13)18-12(17-14)7-11-5-6-19-8-11/h11H,4-8H2,1-3H3,(H,16,17,18). The van der Waals surface area contributed by atoms with Crippen LogP contribution in [-0.2, 0) is 11.2 Å². The van der Waals surface area contributed by atoms with Gasteiger partial charge in [0.25, 0.3) is 0 Å². The molecule has 0 aromatic carbocycles. The predicted molar refractivity (Wildman–Crippen MR) is 83.7 cm³/mol. The van der Waals surface area contributed by atoms with E-state index in [1.54, 1.807) is 11.3 Å². The van der Waals surface area contributed by atoms with Crippen molar-refractivity contribution in [1.82, 2.24) is 9.97 Å². The molecule has 2 aromatic rings. The Kier molecular flexibility index (Phi) is 3.89. The van der Waals surface area contributed by atoms with Gasteiger partial charge in [0.2, 0.25) is 0 Å². The van der Waals surface area contributed by atoms with Gasteiger partial charge in [0, 0.05) is 31.1 Å². The van der Waals surface area contributed by atoms with Gasteiger partial charge in [0.1, 0.15) is 16.5 Å². The Balaban J connectivity index is 2.00. The molecule has 1 fully saturated rings. The highest BCUT2D eigenvalue weighted by molar-refractivity contribution is 7.18. The molecular weight excluding hydrogens is 270 g/mol. The molecule has 0 saturated carbocycles. The smallest absolute Gasteiger partial charge is 0.138 e. The molecule has 0 spiro atoms. The molecule has 3 heterocycles. The molecule has 2 aromatic heterocycles. The van der Waals surface area contributed by atoms with Crippen LogP contribution >= 0.6 is 11.3 Å². The third kappa shape index (κ3) is 2.52. The van der Waals surface area contributed by atoms with Crippen LogP contribution in [0.25, 0.3) is 10.2 Å². The van der Waals surface area contributed by atoms with Gasteiger partial charge in [-0.1, -0.05) is 0 Å². The van der Waals surface area contributed by atoms with Gasteiger partial charge in [-0.2, -0.15) is 0 Å². The van der Waals surface area contributed by atoms with Gasteiger partial charge in [-0.15, -0.1) is 11.3 Å². The monoisotopic (exact) mass is 291 g/mol. The summed E-state index contributed by atoms with van der Waals surface area (Å²) < 4.78 is 5.45. The zero-order valence-corrected chi connectivity index (χ0v) is 13.1. The fraction of sp³-hybridized carbons (Fsp3) is 0.600. The van der Waals surface area contributed by atoms with Crippen molar-refractivity contribution in [2.45, 2.75) is 33.6 Å². The molecule has 1 aliphatic heterocycles. The molecule has 0 aliphatic carbocycles. The second-order valence-corrected chi connectivity index (χ2v) is 6.62. The number of nitrogens with one attached hydrogen (secondary N) is 1. The Morgan fingerprint density at radius 3 is 2.90 bits per heavy atom. The number of ether oxygens (including phenoxy) is 1. The first kappa shape index (κ1) is 13.8. The summed E-state index contributed by atoms with van der Waals surface area (Å²) in [5.74, 6) is 2.52. The van der Waals surface area contributed by atoms with Crippen molar-refractivity contribution in [3.05, 3.63) is 16.3 Å². The zero-order valence-electron chi connectivity index (χ0n) is 12.3. The molecule has 20 heavy (non-hydrogen) atoms. The number of aryl methyl sites for hydroxylation is 2. The predicted octanol–water partition coefficient (Wildman–Crippen LogP) is 3.32. The minimum Gasteiger partial charge on any atom is -0.381 e. The van der Waals surface area contributed by atoms with E-state index in [0.29, 0.717) is 5.92 Å². The maximum atomic E-state index is 5.45. The van der Waals surface area contributed by atoms with E-state index in [1.807, 2.05) is 0 Å².